The molecule has 0 saturated heterocycles. The lowest BCUT2D eigenvalue weighted by molar-refractivity contribution is -0.116. The van der Waals surface area contributed by atoms with E-state index in [9.17, 15) is 4.79 Å². The van der Waals surface area contributed by atoms with Gasteiger partial charge in [0.15, 0.2) is 0 Å². The molecule has 2 aromatic heterocycles. The fourth-order valence-corrected chi connectivity index (χ4v) is 4.43. The molecule has 2 aromatic rings. The molecule has 0 unspecified atom stereocenters. The van der Waals surface area contributed by atoms with Crippen molar-refractivity contribution in [2.24, 2.45) is 0 Å². The number of rotatable bonds is 6. The summed E-state index contributed by atoms with van der Waals surface area (Å²) < 4.78 is 0. The number of thiophene rings is 1. The Bertz CT molecular complexity index is 640. The van der Waals surface area contributed by atoms with Crippen molar-refractivity contribution in [3.8, 4) is 0 Å². The summed E-state index contributed by atoms with van der Waals surface area (Å²) >= 11 is 3.36. The predicted molar refractivity (Wildman–Crippen MR) is 98.0 cm³/mol. The largest absolute Gasteiger partial charge is 0.352 e. The van der Waals surface area contributed by atoms with Gasteiger partial charge in [0, 0.05) is 30.3 Å². The lowest BCUT2D eigenvalue weighted by Crippen LogP contribution is -2.23. The monoisotopic (exact) mass is 346 g/mol. The Morgan fingerprint density at radius 1 is 1.30 bits per heavy atom. The van der Waals surface area contributed by atoms with Crippen LogP contribution in [0.1, 0.15) is 54.3 Å². The number of aromatic nitrogens is 1. The maximum absolute atomic E-state index is 11.8. The summed E-state index contributed by atoms with van der Waals surface area (Å²) in [6, 6.07) is 2.00. The molecular formula is C18H22N2OS2. The van der Waals surface area contributed by atoms with Gasteiger partial charge >= 0.3 is 0 Å². The van der Waals surface area contributed by atoms with Gasteiger partial charge in [0.1, 0.15) is 0 Å². The molecule has 0 aromatic carbocycles. The van der Waals surface area contributed by atoms with E-state index in [1.807, 2.05) is 22.9 Å². The second-order valence-corrected chi connectivity index (χ2v) is 7.65. The van der Waals surface area contributed by atoms with Crippen LogP contribution in [0.2, 0.25) is 0 Å². The van der Waals surface area contributed by atoms with E-state index in [4.69, 9.17) is 4.98 Å². The van der Waals surface area contributed by atoms with E-state index in [2.05, 4.69) is 10.7 Å². The first-order valence-corrected chi connectivity index (χ1v) is 10.1. The first-order chi connectivity index (χ1) is 11.3. The smallest absolute Gasteiger partial charge is 0.244 e. The van der Waals surface area contributed by atoms with Crippen molar-refractivity contribution in [1.82, 2.24) is 10.3 Å². The third kappa shape index (κ3) is 5.01. The van der Waals surface area contributed by atoms with Crippen LogP contribution in [0.25, 0.3) is 6.08 Å². The van der Waals surface area contributed by atoms with Gasteiger partial charge in [0.05, 0.1) is 10.7 Å². The highest BCUT2D eigenvalue weighted by Gasteiger charge is 2.18. The average Bonchev–Trinajstić information content (AvgIpc) is 3.26. The summed E-state index contributed by atoms with van der Waals surface area (Å²) in [6.45, 7) is 0.643. The Morgan fingerprint density at radius 2 is 2.17 bits per heavy atom. The van der Waals surface area contributed by atoms with Crippen molar-refractivity contribution in [3.05, 3.63) is 44.5 Å². The molecule has 0 radical (unpaired) electrons. The summed E-state index contributed by atoms with van der Waals surface area (Å²) in [7, 11) is 0. The molecule has 1 saturated carbocycles. The number of hydrogen-bond donors (Lipinski definition) is 1. The third-order valence-electron chi connectivity index (χ3n) is 4.20. The van der Waals surface area contributed by atoms with Gasteiger partial charge in [-0.05, 0) is 41.3 Å². The molecule has 0 aliphatic heterocycles. The molecular weight excluding hydrogens is 324 g/mol. The van der Waals surface area contributed by atoms with Crippen LogP contribution in [0.5, 0.6) is 0 Å². The molecule has 23 heavy (non-hydrogen) atoms. The van der Waals surface area contributed by atoms with Crippen LogP contribution >= 0.6 is 22.7 Å². The maximum Gasteiger partial charge on any atom is 0.244 e. The van der Waals surface area contributed by atoms with Gasteiger partial charge in [-0.15, -0.1) is 11.3 Å². The number of nitrogens with zero attached hydrogens (tertiary/aromatic N) is 1. The van der Waals surface area contributed by atoms with Crippen molar-refractivity contribution in [2.75, 3.05) is 6.54 Å². The number of hydrogen-bond acceptors (Lipinski definition) is 4. The van der Waals surface area contributed by atoms with Crippen molar-refractivity contribution in [2.45, 2.75) is 44.4 Å². The SMILES string of the molecule is O=C(C=Cc1ccsc1)NCCc1nc(C2CCCCC2)cs1. The fraction of sp³-hybridized carbons (Fsp3) is 0.444. The third-order valence-corrected chi connectivity index (χ3v) is 5.83. The zero-order valence-electron chi connectivity index (χ0n) is 13.2. The topological polar surface area (TPSA) is 42.0 Å². The van der Waals surface area contributed by atoms with Crippen molar-refractivity contribution < 1.29 is 4.79 Å². The zero-order valence-corrected chi connectivity index (χ0v) is 14.8. The van der Waals surface area contributed by atoms with Gasteiger partial charge in [0.2, 0.25) is 5.91 Å². The Balaban J connectivity index is 1.42. The second kappa shape index (κ2) is 8.41. The van der Waals surface area contributed by atoms with Gasteiger partial charge < -0.3 is 5.32 Å². The van der Waals surface area contributed by atoms with Crippen molar-refractivity contribution in [1.29, 1.82) is 0 Å². The summed E-state index contributed by atoms with van der Waals surface area (Å²) in [6.07, 6.45) is 10.9. The van der Waals surface area contributed by atoms with Crippen molar-refractivity contribution in [3.63, 3.8) is 0 Å². The van der Waals surface area contributed by atoms with Crippen LogP contribution in [0.3, 0.4) is 0 Å². The van der Waals surface area contributed by atoms with Crippen LogP contribution in [0.4, 0.5) is 0 Å². The van der Waals surface area contributed by atoms with E-state index < -0.39 is 0 Å². The molecule has 5 heteroatoms. The number of nitrogens with one attached hydrogen (secondary N) is 1. The van der Waals surface area contributed by atoms with Crippen LogP contribution < -0.4 is 5.32 Å². The van der Waals surface area contributed by atoms with E-state index >= 15 is 0 Å². The predicted octanol–water partition coefficient (Wildman–Crippen LogP) is 4.62. The molecule has 0 spiro atoms. The van der Waals surface area contributed by atoms with E-state index in [-0.39, 0.29) is 5.91 Å². The van der Waals surface area contributed by atoms with Crippen LogP contribution in [0, 0.1) is 0 Å². The highest BCUT2D eigenvalue weighted by Crippen LogP contribution is 2.33. The quantitative estimate of drug-likeness (QED) is 0.775. The Labute approximate surface area is 145 Å². The normalized spacial score (nSPS) is 16.0. The molecule has 1 N–H and O–H groups in total. The molecule has 1 aliphatic carbocycles. The van der Waals surface area contributed by atoms with Crippen LogP contribution in [-0.4, -0.2) is 17.4 Å². The first-order valence-electron chi connectivity index (χ1n) is 8.23. The summed E-state index contributed by atoms with van der Waals surface area (Å²) in [5.41, 5.74) is 2.34. The van der Waals surface area contributed by atoms with Gasteiger partial charge in [-0.2, -0.15) is 11.3 Å². The summed E-state index contributed by atoms with van der Waals surface area (Å²) in [4.78, 5) is 16.5. The molecule has 1 fully saturated rings. The lowest BCUT2D eigenvalue weighted by atomic mass is 9.87. The van der Waals surface area contributed by atoms with E-state index in [1.54, 1.807) is 28.7 Å². The maximum atomic E-state index is 11.8. The number of carbonyl (C=O) groups is 1. The fourth-order valence-electron chi connectivity index (χ4n) is 2.92. The minimum atomic E-state index is -0.0414. The van der Waals surface area contributed by atoms with Gasteiger partial charge in [-0.25, -0.2) is 4.98 Å². The standard InChI is InChI=1S/C18H22N2OS2/c21-17(7-6-14-9-11-22-12-14)19-10-8-18-20-16(13-23-18)15-4-2-1-3-5-15/h6-7,9,11-13,15H,1-5,8,10H2,(H,19,21). The van der Waals surface area contributed by atoms with Crippen LogP contribution in [-0.2, 0) is 11.2 Å². The molecule has 1 amide bonds. The highest BCUT2D eigenvalue weighted by atomic mass is 32.1. The Hall–Kier alpha value is -1.46. The molecule has 1 aliphatic rings. The first kappa shape index (κ1) is 16.4. The van der Waals surface area contributed by atoms with E-state index in [1.165, 1.54) is 37.8 Å². The van der Waals surface area contributed by atoms with Gasteiger partial charge in [0.25, 0.3) is 0 Å². The molecule has 3 rings (SSSR count). The molecule has 3 nitrogen and oxygen atoms in total. The van der Waals surface area contributed by atoms with Gasteiger partial charge in [-0.1, -0.05) is 19.3 Å². The number of amides is 1. The minimum absolute atomic E-state index is 0.0414. The number of thiazole rings is 1. The average molecular weight is 347 g/mol. The molecule has 0 atom stereocenters. The second-order valence-electron chi connectivity index (χ2n) is 5.93. The van der Waals surface area contributed by atoms with Crippen molar-refractivity contribution >= 4 is 34.7 Å². The summed E-state index contributed by atoms with van der Waals surface area (Å²) in [5.74, 6) is 0.622. The Kier molecular flexibility index (Phi) is 6.00. The Morgan fingerprint density at radius 3 is 2.96 bits per heavy atom. The molecule has 0 bridgehead atoms. The zero-order chi connectivity index (χ0) is 15.9. The molecule has 2 heterocycles. The number of carbonyl (C=O) groups excluding carboxylic acids is 1. The van der Waals surface area contributed by atoms with Gasteiger partial charge in [-0.3, -0.25) is 4.79 Å². The molecule has 122 valence electrons. The van der Waals surface area contributed by atoms with Crippen LogP contribution in [0.15, 0.2) is 28.3 Å². The minimum Gasteiger partial charge on any atom is -0.352 e. The van der Waals surface area contributed by atoms with E-state index in [0.717, 1.165) is 17.0 Å². The highest BCUT2D eigenvalue weighted by molar-refractivity contribution is 7.09. The summed E-state index contributed by atoms with van der Waals surface area (Å²) in [5, 5.41) is 10.3. The lowest BCUT2D eigenvalue weighted by Gasteiger charge is -2.19. The van der Waals surface area contributed by atoms with E-state index in [0.29, 0.717) is 12.5 Å².